The SMILES string of the molecule is Cn1nc(C(=O)OCC(=O)c2cn(CCC#N)c3ccccc23)c2ccccc2c1=O. The van der Waals surface area contributed by atoms with E-state index in [9.17, 15) is 14.4 Å². The van der Waals surface area contributed by atoms with Gasteiger partial charge in [0.1, 0.15) is 0 Å². The summed E-state index contributed by atoms with van der Waals surface area (Å²) < 4.78 is 8.17. The first kappa shape index (κ1) is 20.0. The van der Waals surface area contributed by atoms with Gasteiger partial charge in [-0.15, -0.1) is 0 Å². The number of nitrogens with zero attached hydrogens (tertiary/aromatic N) is 4. The van der Waals surface area contributed by atoms with Crippen molar-refractivity contribution >= 4 is 33.4 Å². The first-order valence-corrected chi connectivity index (χ1v) is 9.62. The second-order valence-corrected chi connectivity index (χ2v) is 6.98. The van der Waals surface area contributed by atoms with Crippen molar-refractivity contribution in [3.63, 3.8) is 0 Å². The van der Waals surface area contributed by atoms with Crippen molar-refractivity contribution in [3.05, 3.63) is 76.3 Å². The number of hydrogen-bond acceptors (Lipinski definition) is 6. The second kappa shape index (κ2) is 8.24. The molecule has 0 saturated heterocycles. The van der Waals surface area contributed by atoms with Gasteiger partial charge in [0.05, 0.1) is 17.9 Å². The minimum absolute atomic E-state index is 0.0260. The van der Waals surface area contributed by atoms with Gasteiger partial charge in [0, 0.05) is 41.6 Å². The maximum Gasteiger partial charge on any atom is 0.359 e. The lowest BCUT2D eigenvalue weighted by atomic mass is 10.1. The highest BCUT2D eigenvalue weighted by Gasteiger charge is 2.20. The molecular weight excluding hydrogens is 396 g/mol. The van der Waals surface area contributed by atoms with E-state index < -0.39 is 12.6 Å². The highest BCUT2D eigenvalue weighted by molar-refractivity contribution is 6.10. The molecule has 4 rings (SSSR count). The highest BCUT2D eigenvalue weighted by Crippen LogP contribution is 2.22. The molecule has 0 N–H and O–H groups in total. The van der Waals surface area contributed by atoms with Crippen molar-refractivity contribution in [2.75, 3.05) is 6.61 Å². The quantitative estimate of drug-likeness (QED) is 0.355. The average molecular weight is 414 g/mol. The van der Waals surface area contributed by atoms with Gasteiger partial charge < -0.3 is 9.30 Å². The number of ketones is 1. The maximum atomic E-state index is 12.8. The molecule has 8 nitrogen and oxygen atoms in total. The number of aryl methyl sites for hydroxylation is 2. The van der Waals surface area contributed by atoms with Crippen LogP contribution in [-0.4, -0.2) is 32.7 Å². The summed E-state index contributed by atoms with van der Waals surface area (Å²) in [5.74, 6) is -1.15. The van der Waals surface area contributed by atoms with Crippen LogP contribution in [0.25, 0.3) is 21.7 Å². The van der Waals surface area contributed by atoms with Crippen LogP contribution in [0.1, 0.15) is 27.3 Å². The molecule has 31 heavy (non-hydrogen) atoms. The zero-order valence-electron chi connectivity index (χ0n) is 16.7. The number of esters is 1. The first-order valence-electron chi connectivity index (χ1n) is 9.62. The van der Waals surface area contributed by atoms with Crippen molar-refractivity contribution in [1.29, 1.82) is 5.26 Å². The Labute approximate surface area is 176 Å². The van der Waals surface area contributed by atoms with E-state index in [4.69, 9.17) is 10.00 Å². The van der Waals surface area contributed by atoms with Gasteiger partial charge in [0.2, 0.25) is 5.78 Å². The van der Waals surface area contributed by atoms with Gasteiger partial charge in [-0.3, -0.25) is 9.59 Å². The Kier molecular flexibility index (Phi) is 5.33. The van der Waals surface area contributed by atoms with Crippen molar-refractivity contribution in [2.24, 2.45) is 7.05 Å². The second-order valence-electron chi connectivity index (χ2n) is 6.98. The Hall–Kier alpha value is -4.25. The number of para-hydroxylation sites is 1. The molecule has 0 aliphatic carbocycles. The normalized spacial score (nSPS) is 10.8. The van der Waals surface area contributed by atoms with E-state index >= 15 is 0 Å². The van der Waals surface area contributed by atoms with Crippen molar-refractivity contribution in [1.82, 2.24) is 14.3 Å². The van der Waals surface area contributed by atoms with Crippen LogP contribution in [0.3, 0.4) is 0 Å². The van der Waals surface area contributed by atoms with E-state index in [0.717, 1.165) is 15.6 Å². The van der Waals surface area contributed by atoms with E-state index in [1.807, 2.05) is 28.8 Å². The molecule has 8 heteroatoms. The minimum atomic E-state index is -0.784. The molecule has 2 aromatic carbocycles. The lowest BCUT2D eigenvalue weighted by molar-refractivity contribution is 0.0469. The minimum Gasteiger partial charge on any atom is -0.452 e. The first-order chi connectivity index (χ1) is 15.0. The number of rotatable bonds is 6. The number of hydrogen-bond donors (Lipinski definition) is 0. The number of benzene rings is 2. The van der Waals surface area contributed by atoms with E-state index in [0.29, 0.717) is 29.3 Å². The van der Waals surface area contributed by atoms with Crippen LogP contribution in [0.2, 0.25) is 0 Å². The van der Waals surface area contributed by atoms with Gasteiger partial charge in [-0.05, 0) is 12.1 Å². The molecule has 0 fully saturated rings. The Bertz CT molecular complexity index is 1430. The predicted octanol–water partition coefficient (Wildman–Crippen LogP) is 2.84. The van der Waals surface area contributed by atoms with E-state index in [1.54, 1.807) is 30.5 Å². The van der Waals surface area contributed by atoms with Crippen molar-refractivity contribution in [2.45, 2.75) is 13.0 Å². The fourth-order valence-electron chi connectivity index (χ4n) is 3.55. The van der Waals surface area contributed by atoms with Gasteiger partial charge >= 0.3 is 5.97 Å². The summed E-state index contributed by atoms with van der Waals surface area (Å²) >= 11 is 0. The largest absolute Gasteiger partial charge is 0.452 e. The summed E-state index contributed by atoms with van der Waals surface area (Å²) in [4.78, 5) is 37.7. The lowest BCUT2D eigenvalue weighted by Crippen LogP contribution is -2.24. The van der Waals surface area contributed by atoms with Crippen molar-refractivity contribution in [3.8, 4) is 6.07 Å². The van der Waals surface area contributed by atoms with Crippen LogP contribution in [0, 0.1) is 11.3 Å². The molecule has 0 atom stereocenters. The summed E-state index contributed by atoms with van der Waals surface area (Å²) in [7, 11) is 1.45. The van der Waals surface area contributed by atoms with Crippen LogP contribution >= 0.6 is 0 Å². The van der Waals surface area contributed by atoms with E-state index in [2.05, 4.69) is 11.2 Å². The number of Topliss-reactive ketones (excluding diaryl/α,β-unsaturated/α-hetero) is 1. The molecule has 0 bridgehead atoms. The topological polar surface area (TPSA) is 107 Å². The van der Waals surface area contributed by atoms with Gasteiger partial charge in [-0.1, -0.05) is 36.4 Å². The summed E-state index contributed by atoms with van der Waals surface area (Å²) in [5, 5.41) is 14.3. The monoisotopic (exact) mass is 414 g/mol. The standard InChI is InChI=1S/C23H18N4O4/c1-26-22(29)17-9-3-2-8-16(17)21(25-26)23(30)31-14-20(28)18-13-27(12-6-11-24)19-10-5-4-7-15(18)19/h2-5,7-10,13H,6,12,14H2,1H3. The van der Waals surface area contributed by atoms with Crippen LogP contribution in [-0.2, 0) is 18.3 Å². The third kappa shape index (κ3) is 3.69. The molecule has 0 saturated carbocycles. The Morgan fingerprint density at radius 3 is 2.48 bits per heavy atom. The molecule has 4 aromatic rings. The van der Waals surface area contributed by atoms with Crippen LogP contribution in [0.4, 0.5) is 0 Å². The zero-order valence-corrected chi connectivity index (χ0v) is 16.7. The smallest absolute Gasteiger partial charge is 0.359 e. The number of carbonyl (C=O) groups excluding carboxylic acids is 2. The third-order valence-electron chi connectivity index (χ3n) is 5.04. The number of fused-ring (bicyclic) bond motifs is 2. The molecule has 0 unspecified atom stereocenters. The number of nitriles is 1. The fraction of sp³-hybridized carbons (Fsp3) is 0.174. The number of aromatic nitrogens is 3. The summed E-state index contributed by atoms with van der Waals surface area (Å²) in [6.07, 6.45) is 1.99. The van der Waals surface area contributed by atoms with Crippen LogP contribution < -0.4 is 5.56 Å². The molecule has 0 spiro atoms. The summed E-state index contributed by atoms with van der Waals surface area (Å²) in [6, 6.07) is 16.1. The molecule has 0 aliphatic heterocycles. The van der Waals surface area contributed by atoms with Gasteiger partial charge in [0.25, 0.3) is 5.56 Å². The van der Waals surface area contributed by atoms with Crippen LogP contribution in [0.15, 0.2) is 59.5 Å². The Morgan fingerprint density at radius 1 is 1.06 bits per heavy atom. The lowest BCUT2D eigenvalue weighted by Gasteiger charge is -2.08. The Morgan fingerprint density at radius 2 is 1.74 bits per heavy atom. The molecule has 0 radical (unpaired) electrons. The number of ether oxygens (including phenoxy) is 1. The molecule has 2 heterocycles. The predicted molar refractivity (Wildman–Crippen MR) is 114 cm³/mol. The van der Waals surface area contributed by atoms with Crippen molar-refractivity contribution < 1.29 is 14.3 Å². The summed E-state index contributed by atoms with van der Waals surface area (Å²) in [5.41, 5.74) is 0.896. The van der Waals surface area contributed by atoms with Gasteiger partial charge in [-0.2, -0.15) is 10.4 Å². The molecule has 2 aromatic heterocycles. The maximum absolute atomic E-state index is 12.8. The highest BCUT2D eigenvalue weighted by atomic mass is 16.5. The Balaban J connectivity index is 1.60. The average Bonchev–Trinajstić information content (AvgIpc) is 3.17. The van der Waals surface area contributed by atoms with Gasteiger partial charge in [0.15, 0.2) is 12.3 Å². The van der Waals surface area contributed by atoms with Crippen LogP contribution in [0.5, 0.6) is 0 Å². The summed E-state index contributed by atoms with van der Waals surface area (Å²) in [6.45, 7) is -0.0119. The van der Waals surface area contributed by atoms with Gasteiger partial charge in [-0.25, -0.2) is 9.48 Å². The number of carbonyl (C=O) groups is 2. The van der Waals surface area contributed by atoms with E-state index in [-0.39, 0.29) is 17.0 Å². The molecule has 0 aliphatic rings. The van der Waals surface area contributed by atoms with E-state index in [1.165, 1.54) is 7.05 Å². The molecule has 154 valence electrons. The molecule has 0 amide bonds. The third-order valence-corrected chi connectivity index (χ3v) is 5.04. The zero-order chi connectivity index (χ0) is 22.0. The molecular formula is C23H18N4O4. The fourth-order valence-corrected chi connectivity index (χ4v) is 3.55.